The minimum absolute atomic E-state index is 0.130. The van der Waals surface area contributed by atoms with Gasteiger partial charge in [0.25, 0.3) is 0 Å². The molecule has 0 aromatic carbocycles. The molecule has 0 bridgehead atoms. The van der Waals surface area contributed by atoms with Gasteiger partial charge in [-0.1, -0.05) is 20.8 Å². The van der Waals surface area contributed by atoms with E-state index in [4.69, 9.17) is 4.74 Å². The van der Waals surface area contributed by atoms with Crippen LogP contribution in [0.25, 0.3) is 0 Å². The molecule has 4 nitrogen and oxygen atoms in total. The van der Waals surface area contributed by atoms with Crippen molar-refractivity contribution in [2.45, 2.75) is 46.1 Å². The second-order valence-corrected chi connectivity index (χ2v) is 7.09. The standard InChI is InChI=1S/C17H26N2O2/c1-17(2,3)7-4-16(20)19-15-12-21-11-14(15)10-13-5-8-18-9-6-13/h5-6,8-9,14-15H,4,7,10-12H2,1-3H3,(H,19,20)/t14-,15+/m1/s1. The van der Waals surface area contributed by atoms with E-state index >= 15 is 0 Å². The molecule has 1 aliphatic rings. The summed E-state index contributed by atoms with van der Waals surface area (Å²) in [6.45, 7) is 7.81. The summed E-state index contributed by atoms with van der Waals surface area (Å²) in [7, 11) is 0. The van der Waals surface area contributed by atoms with E-state index < -0.39 is 0 Å². The summed E-state index contributed by atoms with van der Waals surface area (Å²) < 4.78 is 5.56. The van der Waals surface area contributed by atoms with E-state index in [0.29, 0.717) is 25.6 Å². The fourth-order valence-electron chi connectivity index (χ4n) is 2.55. The van der Waals surface area contributed by atoms with Crippen molar-refractivity contribution in [3.8, 4) is 0 Å². The molecule has 21 heavy (non-hydrogen) atoms. The van der Waals surface area contributed by atoms with E-state index in [1.165, 1.54) is 5.56 Å². The number of nitrogens with one attached hydrogen (secondary N) is 1. The van der Waals surface area contributed by atoms with Gasteiger partial charge < -0.3 is 10.1 Å². The molecule has 0 unspecified atom stereocenters. The molecular weight excluding hydrogens is 264 g/mol. The van der Waals surface area contributed by atoms with Gasteiger partial charge in [0.05, 0.1) is 19.3 Å². The molecule has 1 saturated heterocycles. The smallest absolute Gasteiger partial charge is 0.220 e. The van der Waals surface area contributed by atoms with Crippen molar-refractivity contribution in [2.75, 3.05) is 13.2 Å². The number of hydrogen-bond donors (Lipinski definition) is 1. The van der Waals surface area contributed by atoms with Crippen LogP contribution in [0.2, 0.25) is 0 Å². The number of nitrogens with zero attached hydrogens (tertiary/aromatic N) is 1. The molecule has 0 spiro atoms. The molecule has 2 heterocycles. The fraction of sp³-hybridized carbons (Fsp3) is 0.647. The van der Waals surface area contributed by atoms with Gasteiger partial charge in [-0.15, -0.1) is 0 Å². The molecule has 0 saturated carbocycles. The van der Waals surface area contributed by atoms with Crippen LogP contribution >= 0.6 is 0 Å². The zero-order valence-corrected chi connectivity index (χ0v) is 13.3. The van der Waals surface area contributed by atoms with Crippen molar-refractivity contribution in [3.63, 3.8) is 0 Å². The molecule has 0 aliphatic carbocycles. The van der Waals surface area contributed by atoms with Gasteiger partial charge in [0.15, 0.2) is 0 Å². The molecule has 2 rings (SSSR count). The third-order valence-electron chi connectivity index (χ3n) is 3.89. The summed E-state index contributed by atoms with van der Waals surface area (Å²) >= 11 is 0. The van der Waals surface area contributed by atoms with Crippen molar-refractivity contribution in [3.05, 3.63) is 30.1 Å². The van der Waals surface area contributed by atoms with E-state index in [2.05, 4.69) is 31.1 Å². The van der Waals surface area contributed by atoms with Crippen molar-refractivity contribution in [1.29, 1.82) is 0 Å². The first kappa shape index (κ1) is 16.0. The molecule has 1 fully saturated rings. The maximum Gasteiger partial charge on any atom is 0.220 e. The van der Waals surface area contributed by atoms with Crippen molar-refractivity contribution >= 4 is 5.91 Å². The summed E-state index contributed by atoms with van der Waals surface area (Å²) in [5.74, 6) is 0.492. The summed E-state index contributed by atoms with van der Waals surface area (Å²) in [5, 5.41) is 3.14. The lowest BCUT2D eigenvalue weighted by Gasteiger charge is -2.21. The lowest BCUT2D eigenvalue weighted by atomic mass is 9.90. The van der Waals surface area contributed by atoms with Gasteiger partial charge in [-0.05, 0) is 36.0 Å². The predicted molar refractivity (Wildman–Crippen MR) is 82.9 cm³/mol. The van der Waals surface area contributed by atoms with Gasteiger partial charge in [0.2, 0.25) is 5.91 Å². The van der Waals surface area contributed by atoms with E-state index in [1.807, 2.05) is 24.5 Å². The molecule has 1 aromatic heterocycles. The average Bonchev–Trinajstić information content (AvgIpc) is 2.84. The summed E-state index contributed by atoms with van der Waals surface area (Å²) in [4.78, 5) is 16.1. The van der Waals surface area contributed by atoms with Crippen LogP contribution in [0, 0.1) is 11.3 Å². The SMILES string of the molecule is CC(C)(C)CCC(=O)N[C@H]1COC[C@H]1Cc1ccncc1. The van der Waals surface area contributed by atoms with Crippen molar-refractivity contribution < 1.29 is 9.53 Å². The molecule has 0 radical (unpaired) electrons. The molecule has 1 aliphatic heterocycles. The van der Waals surface area contributed by atoms with Crippen LogP contribution < -0.4 is 5.32 Å². The second kappa shape index (κ2) is 7.03. The van der Waals surface area contributed by atoms with Gasteiger partial charge in [0, 0.05) is 24.7 Å². The first-order chi connectivity index (χ1) is 9.94. The van der Waals surface area contributed by atoms with Crippen LogP contribution in [0.5, 0.6) is 0 Å². The number of hydrogen-bond acceptors (Lipinski definition) is 3. The highest BCUT2D eigenvalue weighted by Gasteiger charge is 2.29. The summed E-state index contributed by atoms with van der Waals surface area (Å²) in [6, 6.07) is 4.18. The lowest BCUT2D eigenvalue weighted by molar-refractivity contribution is -0.122. The zero-order chi connectivity index (χ0) is 15.3. The Kier molecular flexibility index (Phi) is 5.34. The first-order valence-corrected chi connectivity index (χ1v) is 7.70. The molecular formula is C17H26N2O2. The van der Waals surface area contributed by atoms with Gasteiger partial charge >= 0.3 is 0 Å². The van der Waals surface area contributed by atoms with Crippen LogP contribution in [-0.4, -0.2) is 30.1 Å². The van der Waals surface area contributed by atoms with E-state index in [9.17, 15) is 4.79 Å². The Labute approximate surface area is 127 Å². The van der Waals surface area contributed by atoms with Crippen LogP contribution in [0.4, 0.5) is 0 Å². The Morgan fingerprint density at radius 1 is 1.33 bits per heavy atom. The molecule has 2 atom stereocenters. The van der Waals surface area contributed by atoms with Crippen molar-refractivity contribution in [2.24, 2.45) is 11.3 Å². The number of aromatic nitrogens is 1. The number of ether oxygens (including phenoxy) is 1. The Hall–Kier alpha value is -1.42. The topological polar surface area (TPSA) is 51.2 Å². The van der Waals surface area contributed by atoms with Gasteiger partial charge in [-0.3, -0.25) is 9.78 Å². The highest BCUT2D eigenvalue weighted by molar-refractivity contribution is 5.76. The number of carbonyl (C=O) groups excluding carboxylic acids is 1. The number of rotatable bonds is 5. The van der Waals surface area contributed by atoms with Gasteiger partial charge in [-0.25, -0.2) is 0 Å². The van der Waals surface area contributed by atoms with E-state index in [0.717, 1.165) is 12.8 Å². The maximum atomic E-state index is 12.1. The normalized spacial score (nSPS) is 22.2. The predicted octanol–water partition coefficient (Wildman–Crippen LogP) is 2.58. The van der Waals surface area contributed by atoms with Crippen LogP contribution in [0.1, 0.15) is 39.2 Å². The molecule has 4 heteroatoms. The van der Waals surface area contributed by atoms with Crippen LogP contribution in [0.15, 0.2) is 24.5 Å². The summed E-state index contributed by atoms with van der Waals surface area (Å²) in [5.41, 5.74) is 1.44. The highest BCUT2D eigenvalue weighted by Crippen LogP contribution is 2.22. The van der Waals surface area contributed by atoms with Gasteiger partial charge in [-0.2, -0.15) is 0 Å². The zero-order valence-electron chi connectivity index (χ0n) is 13.3. The fourth-order valence-corrected chi connectivity index (χ4v) is 2.55. The van der Waals surface area contributed by atoms with Crippen LogP contribution in [0.3, 0.4) is 0 Å². The molecule has 1 N–H and O–H groups in total. The molecule has 116 valence electrons. The third kappa shape index (κ3) is 5.46. The monoisotopic (exact) mass is 290 g/mol. The number of pyridine rings is 1. The second-order valence-electron chi connectivity index (χ2n) is 7.09. The lowest BCUT2D eigenvalue weighted by Crippen LogP contribution is -2.40. The highest BCUT2D eigenvalue weighted by atomic mass is 16.5. The Morgan fingerprint density at radius 2 is 2.05 bits per heavy atom. The quantitative estimate of drug-likeness (QED) is 0.907. The van der Waals surface area contributed by atoms with Crippen molar-refractivity contribution in [1.82, 2.24) is 10.3 Å². The van der Waals surface area contributed by atoms with Crippen LogP contribution in [-0.2, 0) is 16.0 Å². The third-order valence-corrected chi connectivity index (χ3v) is 3.89. The first-order valence-electron chi connectivity index (χ1n) is 7.70. The Bertz CT molecular complexity index is 454. The summed E-state index contributed by atoms with van der Waals surface area (Å²) in [6.07, 6.45) is 6.03. The largest absolute Gasteiger partial charge is 0.379 e. The minimum atomic E-state index is 0.130. The van der Waals surface area contributed by atoms with E-state index in [1.54, 1.807) is 0 Å². The van der Waals surface area contributed by atoms with E-state index in [-0.39, 0.29) is 17.4 Å². The number of amides is 1. The Balaban J connectivity index is 1.83. The Morgan fingerprint density at radius 3 is 2.71 bits per heavy atom. The van der Waals surface area contributed by atoms with Gasteiger partial charge in [0.1, 0.15) is 0 Å². The molecule has 1 aromatic rings. The average molecular weight is 290 g/mol. The molecule has 1 amide bonds. The maximum absolute atomic E-state index is 12.1. The number of carbonyl (C=O) groups is 1. The minimum Gasteiger partial charge on any atom is -0.379 e.